The molecule has 1 aliphatic heterocycles. The number of rotatable bonds is 11. The highest BCUT2D eigenvalue weighted by Gasteiger charge is 2.36. The number of benzene rings is 1. The van der Waals surface area contributed by atoms with Crippen LogP contribution in [0.2, 0.25) is 0 Å². The van der Waals surface area contributed by atoms with Gasteiger partial charge in [0.05, 0.1) is 44.5 Å². The van der Waals surface area contributed by atoms with Crippen LogP contribution in [0.25, 0.3) is 17.1 Å². The van der Waals surface area contributed by atoms with Gasteiger partial charge < -0.3 is 14.2 Å². The molecule has 218 valence electrons. The van der Waals surface area contributed by atoms with Crippen LogP contribution in [0.1, 0.15) is 44.8 Å². The molecule has 41 heavy (non-hydrogen) atoms. The molecular formula is C26H31FN8O5S. The van der Waals surface area contributed by atoms with Crippen molar-refractivity contribution in [3.05, 3.63) is 54.1 Å². The fourth-order valence-electron chi connectivity index (χ4n) is 4.77. The first-order valence-corrected chi connectivity index (χ1v) is 14.6. The molecule has 5 rings (SSSR count). The SMILES string of the molecule is COc1cccc(OC)c1-n1c(NS(=O)(=O)C(C)C(OC(C)C)c2ncc(F)cn2)nnc1-c1cnn2c1CCC2. The smallest absolute Gasteiger partial charge is 0.243 e. The number of ether oxygens (including phenoxy) is 3. The van der Waals surface area contributed by atoms with Crippen molar-refractivity contribution in [3.63, 3.8) is 0 Å². The average molecular weight is 587 g/mol. The van der Waals surface area contributed by atoms with Crippen LogP contribution in [0.5, 0.6) is 11.5 Å². The first-order chi connectivity index (χ1) is 19.6. The first kappa shape index (κ1) is 28.4. The molecule has 15 heteroatoms. The van der Waals surface area contributed by atoms with Crippen molar-refractivity contribution in [2.75, 3.05) is 18.9 Å². The Morgan fingerprint density at radius 2 is 1.71 bits per heavy atom. The number of hydrogen-bond donors (Lipinski definition) is 1. The van der Waals surface area contributed by atoms with E-state index < -0.39 is 27.2 Å². The Bertz CT molecular complexity index is 1620. The van der Waals surface area contributed by atoms with Crippen molar-refractivity contribution in [3.8, 4) is 28.6 Å². The van der Waals surface area contributed by atoms with Crippen LogP contribution in [0.3, 0.4) is 0 Å². The van der Waals surface area contributed by atoms with Crippen molar-refractivity contribution < 1.29 is 27.0 Å². The number of para-hydroxylation sites is 1. The van der Waals surface area contributed by atoms with E-state index >= 15 is 0 Å². The number of methoxy groups -OCH3 is 2. The lowest BCUT2D eigenvalue weighted by atomic mass is 10.1. The molecule has 0 amide bonds. The lowest BCUT2D eigenvalue weighted by Gasteiger charge is -2.25. The molecule has 1 N–H and O–H groups in total. The first-order valence-electron chi connectivity index (χ1n) is 13.0. The second-order valence-electron chi connectivity index (χ2n) is 9.74. The third kappa shape index (κ3) is 5.46. The Hall–Kier alpha value is -4.11. The fraction of sp³-hybridized carbons (Fsp3) is 0.423. The molecule has 0 saturated heterocycles. The van der Waals surface area contributed by atoms with Gasteiger partial charge in [0.15, 0.2) is 17.5 Å². The van der Waals surface area contributed by atoms with Gasteiger partial charge in [-0.15, -0.1) is 10.2 Å². The van der Waals surface area contributed by atoms with Gasteiger partial charge >= 0.3 is 0 Å². The zero-order valence-corrected chi connectivity index (χ0v) is 24.1. The van der Waals surface area contributed by atoms with Crippen LogP contribution in [0.4, 0.5) is 10.3 Å². The molecule has 0 aliphatic carbocycles. The van der Waals surface area contributed by atoms with Crippen molar-refractivity contribution in [1.82, 2.24) is 34.5 Å². The number of halogens is 1. The molecule has 4 aromatic rings. The third-order valence-electron chi connectivity index (χ3n) is 6.72. The Balaban J connectivity index is 1.62. The van der Waals surface area contributed by atoms with Gasteiger partial charge in [0, 0.05) is 12.2 Å². The fourth-order valence-corrected chi connectivity index (χ4v) is 5.85. The molecule has 1 aromatic carbocycles. The normalized spacial score (nSPS) is 14.6. The summed E-state index contributed by atoms with van der Waals surface area (Å²) in [5, 5.41) is 11.9. The molecule has 1 aliphatic rings. The van der Waals surface area contributed by atoms with Crippen molar-refractivity contribution in [2.45, 2.75) is 57.6 Å². The molecule has 2 unspecified atom stereocenters. The molecule has 4 heterocycles. The molecular weight excluding hydrogens is 555 g/mol. The molecule has 0 saturated carbocycles. The van der Waals surface area contributed by atoms with E-state index in [0.29, 0.717) is 28.6 Å². The summed E-state index contributed by atoms with van der Waals surface area (Å²) in [7, 11) is -1.22. The zero-order valence-electron chi connectivity index (χ0n) is 23.3. The Morgan fingerprint density at radius 1 is 1.02 bits per heavy atom. The summed E-state index contributed by atoms with van der Waals surface area (Å²) in [4.78, 5) is 7.95. The molecule has 3 aromatic heterocycles. The highest BCUT2D eigenvalue weighted by atomic mass is 32.2. The summed E-state index contributed by atoms with van der Waals surface area (Å²) in [5.74, 6) is 0.451. The van der Waals surface area contributed by atoms with Crippen LogP contribution in [-0.2, 0) is 27.7 Å². The van der Waals surface area contributed by atoms with Gasteiger partial charge in [-0.25, -0.2) is 22.8 Å². The van der Waals surface area contributed by atoms with E-state index in [-0.39, 0.29) is 17.9 Å². The van der Waals surface area contributed by atoms with Gasteiger partial charge in [-0.1, -0.05) is 6.07 Å². The molecule has 0 radical (unpaired) electrons. The maximum Gasteiger partial charge on any atom is 0.243 e. The van der Waals surface area contributed by atoms with E-state index in [9.17, 15) is 12.8 Å². The molecule has 2 atom stereocenters. The highest BCUT2D eigenvalue weighted by molar-refractivity contribution is 7.93. The Labute approximate surface area is 236 Å². The van der Waals surface area contributed by atoms with E-state index in [2.05, 4.69) is 30.0 Å². The topological polar surface area (TPSA) is 148 Å². The third-order valence-corrected chi connectivity index (χ3v) is 8.42. The van der Waals surface area contributed by atoms with Gasteiger partial charge in [0.1, 0.15) is 28.5 Å². The average Bonchev–Trinajstić information content (AvgIpc) is 3.67. The predicted octanol–water partition coefficient (Wildman–Crippen LogP) is 3.32. The van der Waals surface area contributed by atoms with Crippen LogP contribution < -0.4 is 14.2 Å². The number of nitrogens with zero attached hydrogens (tertiary/aromatic N) is 7. The summed E-state index contributed by atoms with van der Waals surface area (Å²) in [5.41, 5.74) is 2.08. The number of aromatic nitrogens is 7. The molecule has 13 nitrogen and oxygen atoms in total. The van der Waals surface area contributed by atoms with Crippen LogP contribution in [-0.4, -0.2) is 68.5 Å². The summed E-state index contributed by atoms with van der Waals surface area (Å²) in [6.07, 6.45) is 3.86. The number of sulfonamides is 1. The van der Waals surface area contributed by atoms with Gasteiger partial charge in [-0.05, 0) is 45.7 Å². The van der Waals surface area contributed by atoms with Crippen LogP contribution in [0.15, 0.2) is 36.8 Å². The largest absolute Gasteiger partial charge is 0.494 e. The van der Waals surface area contributed by atoms with Crippen molar-refractivity contribution in [1.29, 1.82) is 0 Å². The van der Waals surface area contributed by atoms with E-state index in [1.807, 2.05) is 4.68 Å². The van der Waals surface area contributed by atoms with Gasteiger partial charge in [0.25, 0.3) is 0 Å². The molecule has 0 bridgehead atoms. The summed E-state index contributed by atoms with van der Waals surface area (Å²) < 4.78 is 64.5. The van der Waals surface area contributed by atoms with E-state index in [1.54, 1.807) is 42.8 Å². The Kier molecular flexibility index (Phi) is 7.91. The molecule has 0 spiro atoms. The minimum atomic E-state index is -4.23. The second-order valence-corrected chi connectivity index (χ2v) is 11.8. The second kappa shape index (κ2) is 11.4. The maximum atomic E-state index is 13.9. The Morgan fingerprint density at radius 3 is 2.34 bits per heavy atom. The number of aryl methyl sites for hydroxylation is 1. The highest BCUT2D eigenvalue weighted by Crippen LogP contribution is 2.39. The van der Waals surface area contributed by atoms with Gasteiger partial charge in [0.2, 0.25) is 16.0 Å². The van der Waals surface area contributed by atoms with Gasteiger partial charge in [-0.2, -0.15) is 5.10 Å². The maximum absolute atomic E-state index is 13.9. The minimum absolute atomic E-state index is 0.0296. The summed E-state index contributed by atoms with van der Waals surface area (Å²) >= 11 is 0. The van der Waals surface area contributed by atoms with Crippen LogP contribution >= 0.6 is 0 Å². The number of anilines is 1. The lowest BCUT2D eigenvalue weighted by molar-refractivity contribution is 0.00144. The van der Waals surface area contributed by atoms with E-state index in [1.165, 1.54) is 21.1 Å². The zero-order chi connectivity index (χ0) is 29.3. The standard InChI is InChI=1S/C26H31FN8O5S/c1-15(2)40-23(24-28-12-17(27)13-29-24)16(3)41(36,37)33-26-32-31-25(18-14-30-34-11-7-8-19(18)34)35(26)22-20(38-4)9-6-10-21(22)39-5/h6,9-10,12-16,23H,7-8,11H2,1-5H3,(H,32,33). The number of hydrogen-bond acceptors (Lipinski definition) is 10. The summed E-state index contributed by atoms with van der Waals surface area (Å²) in [6, 6.07) is 5.21. The summed E-state index contributed by atoms with van der Waals surface area (Å²) in [6.45, 7) is 5.74. The monoisotopic (exact) mass is 586 g/mol. The lowest BCUT2D eigenvalue weighted by Crippen LogP contribution is -2.35. The number of fused-ring (bicyclic) bond motifs is 1. The van der Waals surface area contributed by atoms with E-state index in [0.717, 1.165) is 37.5 Å². The minimum Gasteiger partial charge on any atom is -0.494 e. The van der Waals surface area contributed by atoms with Crippen molar-refractivity contribution in [2.24, 2.45) is 0 Å². The van der Waals surface area contributed by atoms with Crippen LogP contribution in [0, 0.1) is 5.82 Å². The number of nitrogens with one attached hydrogen (secondary N) is 1. The quantitative estimate of drug-likeness (QED) is 0.277. The molecule has 0 fully saturated rings. The van der Waals surface area contributed by atoms with E-state index in [4.69, 9.17) is 14.2 Å². The van der Waals surface area contributed by atoms with Crippen molar-refractivity contribution >= 4 is 16.0 Å². The van der Waals surface area contributed by atoms with Gasteiger partial charge in [-0.3, -0.25) is 14.0 Å². The predicted molar refractivity (Wildman–Crippen MR) is 147 cm³/mol.